The van der Waals surface area contributed by atoms with Crippen LogP contribution in [0, 0.1) is 11.3 Å². The molecule has 0 aromatic heterocycles. The Morgan fingerprint density at radius 3 is 1.96 bits per heavy atom. The highest BCUT2D eigenvalue weighted by Gasteiger charge is 2.34. The molecule has 0 aliphatic carbocycles. The molecule has 0 fully saturated rings. The molecule has 0 saturated carbocycles. The highest BCUT2D eigenvalue weighted by atomic mass is 16.2. The number of carbonyl (C=O) groups is 6. The van der Waals surface area contributed by atoms with Crippen LogP contribution in [0.2, 0.25) is 0 Å². The maximum absolute atomic E-state index is 13.4. The van der Waals surface area contributed by atoms with Gasteiger partial charge in [-0.2, -0.15) is 0 Å². The second kappa shape index (κ2) is 18.8. The van der Waals surface area contributed by atoms with E-state index in [2.05, 4.69) is 15.6 Å². The molecule has 12 heteroatoms. The van der Waals surface area contributed by atoms with Crippen LogP contribution in [0.3, 0.4) is 0 Å². The van der Waals surface area contributed by atoms with E-state index in [0.29, 0.717) is 6.42 Å². The lowest BCUT2D eigenvalue weighted by Gasteiger charge is -2.24. The van der Waals surface area contributed by atoms with Gasteiger partial charge in [-0.25, -0.2) is 0 Å². The summed E-state index contributed by atoms with van der Waals surface area (Å²) in [5.41, 5.74) is 16.6. The third-order valence-corrected chi connectivity index (χ3v) is 7.31. The van der Waals surface area contributed by atoms with Crippen molar-refractivity contribution in [3.8, 4) is 0 Å². The van der Waals surface area contributed by atoms with Crippen LogP contribution in [-0.4, -0.2) is 59.7 Å². The zero-order valence-corrected chi connectivity index (χ0v) is 26.1. The minimum absolute atomic E-state index is 0. The molecule has 250 valence electrons. The topological polar surface area (TPSA) is 217 Å². The summed E-state index contributed by atoms with van der Waals surface area (Å²) >= 11 is 0. The van der Waals surface area contributed by atoms with Gasteiger partial charge in [0.05, 0.1) is 17.5 Å². The Balaban J connectivity index is 0.0000106. The first-order chi connectivity index (χ1) is 21.2. The van der Waals surface area contributed by atoms with Gasteiger partial charge in [0.25, 0.3) is 5.91 Å². The number of hydrogen-bond acceptors (Lipinski definition) is 7. The Hall–Kier alpha value is -4.87. The van der Waals surface area contributed by atoms with Crippen molar-refractivity contribution >= 4 is 41.0 Å². The Morgan fingerprint density at radius 2 is 1.41 bits per heavy atom. The van der Waals surface area contributed by atoms with Crippen LogP contribution in [0.5, 0.6) is 0 Å². The van der Waals surface area contributed by atoms with Crippen molar-refractivity contribution in [3.63, 3.8) is 0 Å². The van der Waals surface area contributed by atoms with Gasteiger partial charge >= 0.3 is 0 Å². The SMILES string of the molecule is C.CC(NC(=O)[C@@H](CC(=O)Cc1ccccc1)Cc1ccccc1)C(=O)C(=O)N[C@@H](CCCN=C(N)N)C(=O)CC(C)(C)C(N)=O. The predicted molar refractivity (Wildman–Crippen MR) is 177 cm³/mol. The van der Waals surface area contributed by atoms with Crippen LogP contribution in [0.15, 0.2) is 65.7 Å². The summed E-state index contributed by atoms with van der Waals surface area (Å²) in [5, 5.41) is 5.02. The van der Waals surface area contributed by atoms with E-state index in [1.165, 1.54) is 20.8 Å². The molecule has 0 aliphatic heterocycles. The first kappa shape index (κ1) is 39.2. The van der Waals surface area contributed by atoms with E-state index in [-0.39, 0.29) is 57.8 Å². The number of nitrogens with two attached hydrogens (primary N) is 3. The molecule has 12 nitrogen and oxygen atoms in total. The molecule has 0 heterocycles. The molecule has 46 heavy (non-hydrogen) atoms. The van der Waals surface area contributed by atoms with Crippen LogP contribution in [-0.2, 0) is 41.6 Å². The summed E-state index contributed by atoms with van der Waals surface area (Å²) < 4.78 is 0. The van der Waals surface area contributed by atoms with Gasteiger partial charge in [0, 0.05) is 31.7 Å². The first-order valence-electron chi connectivity index (χ1n) is 14.8. The molecule has 3 amide bonds. The minimum Gasteiger partial charge on any atom is -0.370 e. The fourth-order valence-electron chi connectivity index (χ4n) is 4.61. The summed E-state index contributed by atoms with van der Waals surface area (Å²) in [6.45, 7) is 4.54. The van der Waals surface area contributed by atoms with Gasteiger partial charge in [-0.05, 0) is 37.3 Å². The number of Topliss-reactive ketones (excluding diaryl/α,β-unsaturated/α-hetero) is 3. The zero-order chi connectivity index (χ0) is 33.6. The van der Waals surface area contributed by atoms with Gasteiger partial charge in [0.15, 0.2) is 11.7 Å². The molecule has 2 aromatic carbocycles. The van der Waals surface area contributed by atoms with Crippen molar-refractivity contribution in [2.75, 3.05) is 6.54 Å². The average Bonchev–Trinajstić information content (AvgIpc) is 2.98. The number of primary amides is 1. The molecule has 0 spiro atoms. The second-order valence-corrected chi connectivity index (χ2v) is 11.8. The van der Waals surface area contributed by atoms with Gasteiger partial charge < -0.3 is 27.8 Å². The summed E-state index contributed by atoms with van der Waals surface area (Å²) in [6.07, 6.45) is 0.458. The molecule has 1 unspecified atom stereocenters. The molecular formula is C34H48N6O6. The highest BCUT2D eigenvalue weighted by molar-refractivity contribution is 6.38. The average molecular weight is 637 g/mol. The van der Waals surface area contributed by atoms with E-state index in [1.807, 2.05) is 60.7 Å². The third-order valence-electron chi connectivity index (χ3n) is 7.31. The Kier molecular flexibility index (Phi) is 16.0. The summed E-state index contributed by atoms with van der Waals surface area (Å²) in [6, 6.07) is 16.0. The van der Waals surface area contributed by atoms with Gasteiger partial charge in [0.1, 0.15) is 5.78 Å². The predicted octanol–water partition coefficient (Wildman–Crippen LogP) is 1.77. The van der Waals surface area contributed by atoms with Gasteiger partial charge in [0.2, 0.25) is 17.6 Å². The normalized spacial score (nSPS) is 12.8. The first-order valence-corrected chi connectivity index (χ1v) is 14.8. The number of amides is 3. The van der Waals surface area contributed by atoms with Crippen molar-refractivity contribution in [1.29, 1.82) is 0 Å². The van der Waals surface area contributed by atoms with Gasteiger partial charge in [-0.1, -0.05) is 81.9 Å². The zero-order valence-electron chi connectivity index (χ0n) is 26.1. The fourth-order valence-corrected chi connectivity index (χ4v) is 4.61. The lowest BCUT2D eigenvalue weighted by atomic mass is 9.84. The number of nitrogens with one attached hydrogen (secondary N) is 2. The fraction of sp³-hybridized carbons (Fsp3) is 0.441. The van der Waals surface area contributed by atoms with Crippen molar-refractivity contribution in [1.82, 2.24) is 10.6 Å². The number of ketones is 3. The summed E-state index contributed by atoms with van der Waals surface area (Å²) in [7, 11) is 0. The van der Waals surface area contributed by atoms with E-state index >= 15 is 0 Å². The Morgan fingerprint density at radius 1 is 0.848 bits per heavy atom. The van der Waals surface area contributed by atoms with Crippen LogP contribution in [0.1, 0.15) is 65.0 Å². The van der Waals surface area contributed by atoms with E-state index in [4.69, 9.17) is 17.2 Å². The number of aliphatic imine (C=N–C) groups is 1. The van der Waals surface area contributed by atoms with E-state index in [1.54, 1.807) is 0 Å². The molecule has 0 aliphatic rings. The molecule has 0 bridgehead atoms. The standard InChI is InChI=1S/C33H44N6O6.CH4/c1-21(28(42)30(44)39-26(15-10-16-37-32(35)36)27(41)20-33(2,3)31(34)45)38-29(43)24(17-22-11-6-4-7-12-22)19-25(40)18-23-13-8-5-9-14-23;/h4-9,11-14,21,24,26H,10,15-20H2,1-3H3,(H2,34,45)(H,38,43)(H,39,44)(H4,35,36,37);1H4/t21?,24-,26+;/m1./s1. The smallest absolute Gasteiger partial charge is 0.290 e. The third kappa shape index (κ3) is 13.4. The number of benzene rings is 2. The largest absolute Gasteiger partial charge is 0.370 e. The summed E-state index contributed by atoms with van der Waals surface area (Å²) in [5.74, 6) is -4.88. The maximum Gasteiger partial charge on any atom is 0.290 e. The molecule has 8 N–H and O–H groups in total. The van der Waals surface area contributed by atoms with E-state index < -0.39 is 52.7 Å². The maximum atomic E-state index is 13.4. The molecule has 0 saturated heterocycles. The number of rotatable bonds is 19. The van der Waals surface area contributed by atoms with E-state index in [0.717, 1.165) is 11.1 Å². The number of guanidine groups is 1. The van der Waals surface area contributed by atoms with Crippen LogP contribution in [0.4, 0.5) is 0 Å². The number of carbonyl (C=O) groups excluding carboxylic acids is 6. The number of hydrogen-bond donors (Lipinski definition) is 5. The van der Waals surface area contributed by atoms with E-state index in [9.17, 15) is 28.8 Å². The van der Waals surface area contributed by atoms with Gasteiger partial charge in [-0.15, -0.1) is 0 Å². The molecule has 3 atom stereocenters. The Bertz CT molecular complexity index is 1370. The molecule has 2 aromatic rings. The van der Waals surface area contributed by atoms with Crippen molar-refractivity contribution in [2.45, 2.75) is 78.8 Å². The molecular weight excluding hydrogens is 588 g/mol. The quantitative estimate of drug-likeness (QED) is 0.0661. The van der Waals surface area contributed by atoms with Gasteiger partial charge in [-0.3, -0.25) is 33.8 Å². The number of nitrogens with zero attached hydrogens (tertiary/aromatic N) is 1. The van der Waals surface area contributed by atoms with Crippen LogP contribution in [0.25, 0.3) is 0 Å². The van der Waals surface area contributed by atoms with Crippen molar-refractivity contribution in [3.05, 3.63) is 71.8 Å². The van der Waals surface area contributed by atoms with Crippen molar-refractivity contribution in [2.24, 2.45) is 33.5 Å². The van der Waals surface area contributed by atoms with Crippen LogP contribution >= 0.6 is 0 Å². The second-order valence-electron chi connectivity index (χ2n) is 11.8. The molecule has 0 radical (unpaired) electrons. The Labute approximate surface area is 271 Å². The summed E-state index contributed by atoms with van der Waals surface area (Å²) in [4.78, 5) is 81.1. The molecule has 2 rings (SSSR count). The lowest BCUT2D eigenvalue weighted by Crippen LogP contribution is -2.52. The van der Waals surface area contributed by atoms with Crippen LogP contribution < -0.4 is 27.8 Å². The highest BCUT2D eigenvalue weighted by Crippen LogP contribution is 2.22. The monoisotopic (exact) mass is 636 g/mol. The van der Waals surface area contributed by atoms with Crippen molar-refractivity contribution < 1.29 is 28.8 Å². The lowest BCUT2D eigenvalue weighted by molar-refractivity contribution is -0.142. The minimum atomic E-state index is -1.25.